The van der Waals surface area contributed by atoms with Crippen LogP contribution in [-0.4, -0.2) is 76.6 Å². The summed E-state index contributed by atoms with van der Waals surface area (Å²) in [6.07, 6.45) is 10.8. The predicted molar refractivity (Wildman–Crippen MR) is 207 cm³/mol. The molecule has 1 amide bonds. The van der Waals surface area contributed by atoms with E-state index in [1.807, 2.05) is 43.3 Å². The molecule has 2 aromatic carbocycles. The Labute approximate surface area is 311 Å². The van der Waals surface area contributed by atoms with Crippen LogP contribution in [0.15, 0.2) is 48.5 Å². The van der Waals surface area contributed by atoms with Gasteiger partial charge in [-0.05, 0) is 63.5 Å². The van der Waals surface area contributed by atoms with Gasteiger partial charge in [0, 0.05) is 45.7 Å². The Morgan fingerprint density at radius 2 is 1.02 bits per heavy atom. The van der Waals surface area contributed by atoms with Crippen LogP contribution in [0.5, 0.6) is 0 Å². The summed E-state index contributed by atoms with van der Waals surface area (Å²) >= 11 is 5.75. The van der Waals surface area contributed by atoms with Gasteiger partial charge in [0.1, 0.15) is 12.1 Å². The molecular weight excluding hydrogens is 665 g/mol. The zero-order valence-corrected chi connectivity index (χ0v) is 31.8. The van der Waals surface area contributed by atoms with Gasteiger partial charge in [-0.15, -0.1) is 0 Å². The van der Waals surface area contributed by atoms with Gasteiger partial charge in [-0.3, -0.25) is 4.79 Å². The third kappa shape index (κ3) is 13.0. The molecule has 0 bridgehead atoms. The molecule has 2 N–H and O–H groups in total. The van der Waals surface area contributed by atoms with Gasteiger partial charge in [-0.25, -0.2) is 9.59 Å². The van der Waals surface area contributed by atoms with E-state index in [-0.39, 0.29) is 24.7 Å². The predicted octanol–water partition coefficient (Wildman–Crippen LogP) is 7.02. The number of carbonyl (C=O) groups excluding carboxylic acids is 3. The highest BCUT2D eigenvalue weighted by molar-refractivity contribution is 7.80. The highest BCUT2D eigenvalue weighted by Gasteiger charge is 2.42. The van der Waals surface area contributed by atoms with Crippen molar-refractivity contribution in [2.24, 2.45) is 10.8 Å². The Hall–Kier alpha value is -3.34. The van der Waals surface area contributed by atoms with E-state index >= 15 is 0 Å². The van der Waals surface area contributed by atoms with Crippen LogP contribution in [-0.2, 0) is 46.2 Å². The maximum Gasteiger partial charge on any atom is 0.328 e. The molecule has 0 saturated heterocycles. The number of amides is 1. The van der Waals surface area contributed by atoms with Gasteiger partial charge in [0.05, 0.1) is 24.6 Å². The van der Waals surface area contributed by atoms with Crippen LogP contribution in [0, 0.1) is 24.7 Å². The van der Waals surface area contributed by atoms with Crippen molar-refractivity contribution >= 4 is 35.1 Å². The number of ether oxygens (including phenoxy) is 4. The monoisotopic (exact) mass is 726 g/mol. The van der Waals surface area contributed by atoms with E-state index in [0.717, 1.165) is 66.6 Å². The minimum atomic E-state index is -0.666. The van der Waals surface area contributed by atoms with Crippen molar-refractivity contribution < 1.29 is 33.3 Å². The summed E-state index contributed by atoms with van der Waals surface area (Å²) in [4.78, 5) is 38.2. The lowest BCUT2D eigenvalue weighted by molar-refractivity contribution is -0.147. The molecule has 0 heterocycles. The van der Waals surface area contributed by atoms with Crippen molar-refractivity contribution in [1.82, 2.24) is 10.6 Å². The minimum Gasteiger partial charge on any atom is -0.467 e. The first kappa shape index (κ1) is 43.8. The average Bonchev–Trinajstić information content (AvgIpc) is 3.82. The van der Waals surface area contributed by atoms with Gasteiger partial charge in [0.25, 0.3) is 0 Å². The standard InChI is InChI=1S/C20H29NO4.C20H29NO3S.CH4/c1-15-6-8-16(9-7-15)14-17(18(22)25-3)21-19(23)20(12-13-24-2)10-4-5-11-20;1-15-6-8-16(9-7-15)14-17(18(22)24-3)21-19(25)20(12-13-23-2)10-4-5-11-20;/h6-9,17H,4-5,10-14H2,1-3H3,(H,21,23);6-9,17H,4-5,10-14H2,1-3H3,(H,21,25);1H4. The summed E-state index contributed by atoms with van der Waals surface area (Å²) < 4.78 is 20.4. The number of carbonyl (C=O) groups is 3. The number of hydrogen-bond donors (Lipinski definition) is 2. The summed E-state index contributed by atoms with van der Waals surface area (Å²) in [5, 5.41) is 6.28. The number of rotatable bonds is 16. The summed E-state index contributed by atoms with van der Waals surface area (Å²) in [5.41, 5.74) is 3.98. The van der Waals surface area contributed by atoms with Crippen LogP contribution >= 0.6 is 12.2 Å². The molecule has 2 aliphatic rings. The van der Waals surface area contributed by atoms with Gasteiger partial charge in [0.15, 0.2) is 0 Å². The highest BCUT2D eigenvalue weighted by atomic mass is 32.1. The number of thiocarbonyl (C=S) groups is 1. The largest absolute Gasteiger partial charge is 0.467 e. The number of aryl methyl sites for hydroxylation is 2. The molecule has 10 heteroatoms. The molecule has 2 fully saturated rings. The molecule has 0 aromatic heterocycles. The maximum absolute atomic E-state index is 13.0. The van der Waals surface area contributed by atoms with Crippen molar-refractivity contribution in [3.8, 4) is 0 Å². The summed E-state index contributed by atoms with van der Waals surface area (Å²) in [7, 11) is 6.14. The molecule has 9 nitrogen and oxygen atoms in total. The number of benzene rings is 2. The SMILES string of the molecule is C.COCCC1(C(=O)NC(Cc2ccc(C)cc2)C(=O)OC)CCCC1.COCCC1(C(=S)NC(Cc2ccc(C)cc2)C(=O)OC)CCCC1. The van der Waals surface area contributed by atoms with Crippen molar-refractivity contribution in [3.05, 3.63) is 70.8 Å². The lowest BCUT2D eigenvalue weighted by Crippen LogP contribution is -2.49. The highest BCUT2D eigenvalue weighted by Crippen LogP contribution is 2.43. The van der Waals surface area contributed by atoms with Crippen molar-refractivity contribution in [1.29, 1.82) is 0 Å². The zero-order valence-electron chi connectivity index (χ0n) is 30.9. The lowest BCUT2D eigenvalue weighted by Gasteiger charge is -2.32. The Morgan fingerprint density at radius 3 is 1.41 bits per heavy atom. The van der Waals surface area contributed by atoms with Gasteiger partial charge in [-0.2, -0.15) is 0 Å². The third-order valence-corrected chi connectivity index (χ3v) is 10.9. The van der Waals surface area contributed by atoms with Crippen LogP contribution in [0.2, 0.25) is 0 Å². The molecule has 284 valence electrons. The van der Waals surface area contributed by atoms with E-state index in [2.05, 4.69) is 29.7 Å². The van der Waals surface area contributed by atoms with E-state index in [9.17, 15) is 14.4 Å². The maximum atomic E-state index is 13.0. The van der Waals surface area contributed by atoms with Gasteiger partial charge in [-0.1, -0.05) is 105 Å². The second-order valence-electron chi connectivity index (χ2n) is 13.9. The van der Waals surface area contributed by atoms with Gasteiger partial charge < -0.3 is 29.6 Å². The molecule has 0 aliphatic heterocycles. The second kappa shape index (κ2) is 21.9. The fourth-order valence-electron chi connectivity index (χ4n) is 7.09. The van der Waals surface area contributed by atoms with Crippen LogP contribution in [0.4, 0.5) is 0 Å². The molecule has 2 aliphatic carbocycles. The van der Waals surface area contributed by atoms with Gasteiger partial charge >= 0.3 is 11.9 Å². The molecule has 2 atom stereocenters. The molecule has 2 saturated carbocycles. The fourth-order valence-corrected chi connectivity index (χ4v) is 7.54. The molecule has 4 rings (SSSR count). The number of methoxy groups -OCH3 is 4. The topological polar surface area (TPSA) is 112 Å². The Bertz CT molecular complexity index is 1260. The number of hydrogen-bond acceptors (Lipinski definition) is 8. The molecule has 51 heavy (non-hydrogen) atoms. The minimum absolute atomic E-state index is 0. The Kier molecular flexibility index (Phi) is 18.8. The van der Waals surface area contributed by atoms with Crippen LogP contribution in [0.25, 0.3) is 0 Å². The Morgan fingerprint density at radius 1 is 0.647 bits per heavy atom. The van der Waals surface area contributed by atoms with E-state index in [1.54, 1.807) is 14.2 Å². The summed E-state index contributed by atoms with van der Waals surface area (Å²) in [5.74, 6) is -0.735. The fraction of sp³-hybridized carbons (Fsp3) is 0.610. The first-order chi connectivity index (χ1) is 24.0. The van der Waals surface area contributed by atoms with Crippen molar-refractivity contribution in [2.75, 3.05) is 41.7 Å². The zero-order chi connectivity index (χ0) is 36.6. The third-order valence-electron chi connectivity index (χ3n) is 10.4. The van der Waals surface area contributed by atoms with Crippen LogP contribution in [0.3, 0.4) is 0 Å². The van der Waals surface area contributed by atoms with E-state index in [0.29, 0.717) is 32.5 Å². The Balaban J connectivity index is 0.000000347. The van der Waals surface area contributed by atoms with Gasteiger partial charge in [0.2, 0.25) is 5.91 Å². The van der Waals surface area contributed by atoms with Crippen LogP contribution < -0.4 is 10.6 Å². The normalized spacial score (nSPS) is 16.7. The first-order valence-corrected chi connectivity index (χ1v) is 18.3. The first-order valence-electron chi connectivity index (χ1n) is 17.9. The quantitative estimate of drug-likeness (QED) is 0.139. The molecule has 2 unspecified atom stereocenters. The number of nitrogens with one attached hydrogen (secondary N) is 2. The summed E-state index contributed by atoms with van der Waals surface area (Å²) in [6.45, 7) is 5.30. The van der Waals surface area contributed by atoms with Crippen LogP contribution in [0.1, 0.15) is 93.9 Å². The summed E-state index contributed by atoms with van der Waals surface area (Å²) in [6, 6.07) is 15.0. The van der Waals surface area contributed by atoms with Crippen molar-refractivity contribution in [2.45, 2.75) is 110 Å². The van der Waals surface area contributed by atoms with E-state index in [4.69, 9.17) is 31.2 Å². The second-order valence-corrected chi connectivity index (χ2v) is 14.3. The lowest BCUT2D eigenvalue weighted by atomic mass is 9.81. The molecule has 0 spiro atoms. The molecule has 2 aromatic rings. The van der Waals surface area contributed by atoms with E-state index < -0.39 is 23.5 Å². The van der Waals surface area contributed by atoms with E-state index in [1.165, 1.54) is 32.6 Å². The number of esters is 2. The smallest absolute Gasteiger partial charge is 0.328 e. The average molecular weight is 727 g/mol. The molecular formula is C41H62N2O7S. The molecule has 0 radical (unpaired) electrons. The van der Waals surface area contributed by atoms with Crippen molar-refractivity contribution in [3.63, 3.8) is 0 Å².